The lowest BCUT2D eigenvalue weighted by molar-refractivity contribution is 0.240. The molecule has 6 nitrogen and oxygen atoms in total. The molecule has 0 unspecified atom stereocenters. The number of rotatable bonds is 6. The number of anilines is 1. The molecule has 1 fully saturated rings. The van der Waals surface area contributed by atoms with Gasteiger partial charge in [0.15, 0.2) is 0 Å². The van der Waals surface area contributed by atoms with Crippen molar-refractivity contribution in [2.45, 2.75) is 30.3 Å². The van der Waals surface area contributed by atoms with Gasteiger partial charge in [-0.3, -0.25) is 4.72 Å². The molecular formula is C17H19N3O3S. The average molecular weight is 345 g/mol. The summed E-state index contributed by atoms with van der Waals surface area (Å²) >= 11 is 0. The average Bonchev–Trinajstić information content (AvgIpc) is 3.38. The zero-order valence-corrected chi connectivity index (χ0v) is 13.8. The second kappa shape index (κ2) is 6.92. The normalized spacial score (nSPS) is 14.0. The van der Waals surface area contributed by atoms with Gasteiger partial charge in [0, 0.05) is 12.6 Å². The quantitative estimate of drug-likeness (QED) is 0.751. The third-order valence-corrected chi connectivity index (χ3v) is 5.05. The maximum absolute atomic E-state index is 12.4. The van der Waals surface area contributed by atoms with E-state index in [4.69, 9.17) is 0 Å². The Bertz CT molecular complexity index is 818. The predicted molar refractivity (Wildman–Crippen MR) is 92.1 cm³/mol. The summed E-state index contributed by atoms with van der Waals surface area (Å²) in [7, 11) is -3.66. The van der Waals surface area contributed by atoms with E-state index in [1.54, 1.807) is 42.5 Å². The molecule has 2 aromatic carbocycles. The molecule has 0 aromatic heterocycles. The summed E-state index contributed by atoms with van der Waals surface area (Å²) < 4.78 is 27.5. The third-order valence-electron chi connectivity index (χ3n) is 3.67. The monoisotopic (exact) mass is 345 g/mol. The van der Waals surface area contributed by atoms with E-state index in [0.717, 1.165) is 12.8 Å². The molecule has 7 heteroatoms. The zero-order chi connectivity index (χ0) is 17.0. The van der Waals surface area contributed by atoms with Crippen LogP contribution in [-0.2, 0) is 16.6 Å². The van der Waals surface area contributed by atoms with E-state index in [1.165, 1.54) is 12.1 Å². The number of hydrogen-bond acceptors (Lipinski definition) is 3. The van der Waals surface area contributed by atoms with Crippen molar-refractivity contribution >= 4 is 21.7 Å². The van der Waals surface area contributed by atoms with E-state index in [2.05, 4.69) is 15.4 Å². The molecule has 0 saturated heterocycles. The molecule has 0 heterocycles. The highest BCUT2D eigenvalue weighted by Gasteiger charge is 2.23. The summed E-state index contributed by atoms with van der Waals surface area (Å²) in [5.41, 5.74) is 1.15. The van der Waals surface area contributed by atoms with Crippen LogP contribution in [0, 0.1) is 0 Å². The van der Waals surface area contributed by atoms with E-state index in [1.807, 2.05) is 0 Å². The lowest BCUT2D eigenvalue weighted by Gasteiger charge is -2.13. The van der Waals surface area contributed by atoms with Crippen molar-refractivity contribution in [3.05, 3.63) is 60.2 Å². The minimum atomic E-state index is -3.66. The van der Waals surface area contributed by atoms with Gasteiger partial charge in [-0.15, -0.1) is 0 Å². The smallest absolute Gasteiger partial charge is 0.315 e. The minimum absolute atomic E-state index is 0.194. The third kappa shape index (κ3) is 4.26. The van der Waals surface area contributed by atoms with Crippen molar-refractivity contribution in [1.29, 1.82) is 0 Å². The molecule has 0 spiro atoms. The highest BCUT2D eigenvalue weighted by Crippen LogP contribution is 2.20. The molecule has 3 rings (SSSR count). The fraction of sp³-hybridized carbons (Fsp3) is 0.235. The summed E-state index contributed by atoms with van der Waals surface area (Å²) in [4.78, 5) is 11.9. The fourth-order valence-corrected chi connectivity index (χ4v) is 3.34. The second-order valence-electron chi connectivity index (χ2n) is 5.68. The van der Waals surface area contributed by atoms with Gasteiger partial charge in [-0.1, -0.05) is 36.4 Å². The van der Waals surface area contributed by atoms with Gasteiger partial charge in [0.1, 0.15) is 0 Å². The Kier molecular flexibility index (Phi) is 4.71. The first kappa shape index (κ1) is 16.3. The van der Waals surface area contributed by atoms with E-state index in [9.17, 15) is 13.2 Å². The van der Waals surface area contributed by atoms with E-state index in [0.29, 0.717) is 11.3 Å². The topological polar surface area (TPSA) is 87.3 Å². The molecule has 1 saturated carbocycles. The number of carbonyl (C=O) groups excluding carboxylic acids is 1. The SMILES string of the molecule is O=C(NCc1ccccc1NS(=O)(=O)c1ccccc1)NC1CC1. The molecule has 2 aromatic rings. The summed E-state index contributed by atoms with van der Waals surface area (Å²) in [5, 5.41) is 5.58. The van der Waals surface area contributed by atoms with Gasteiger partial charge in [0.05, 0.1) is 10.6 Å². The van der Waals surface area contributed by atoms with Crippen LogP contribution in [0.3, 0.4) is 0 Å². The minimum Gasteiger partial charge on any atom is -0.335 e. The molecule has 126 valence electrons. The Morgan fingerprint density at radius 2 is 1.67 bits per heavy atom. The van der Waals surface area contributed by atoms with Gasteiger partial charge in [0.25, 0.3) is 10.0 Å². The van der Waals surface area contributed by atoms with Crippen LogP contribution in [0.25, 0.3) is 0 Å². The van der Waals surface area contributed by atoms with Crippen molar-refractivity contribution in [2.24, 2.45) is 0 Å². The molecule has 1 aliphatic rings. The van der Waals surface area contributed by atoms with E-state index >= 15 is 0 Å². The van der Waals surface area contributed by atoms with Crippen molar-refractivity contribution in [1.82, 2.24) is 10.6 Å². The Hall–Kier alpha value is -2.54. The molecule has 0 bridgehead atoms. The van der Waals surface area contributed by atoms with Gasteiger partial charge >= 0.3 is 6.03 Å². The molecule has 0 aliphatic heterocycles. The number of carbonyl (C=O) groups is 1. The highest BCUT2D eigenvalue weighted by atomic mass is 32.2. The number of amides is 2. The van der Waals surface area contributed by atoms with Gasteiger partial charge in [-0.2, -0.15) is 0 Å². The van der Waals surface area contributed by atoms with Crippen molar-refractivity contribution in [2.75, 3.05) is 4.72 Å². The molecule has 1 aliphatic carbocycles. The first-order valence-electron chi connectivity index (χ1n) is 7.75. The second-order valence-corrected chi connectivity index (χ2v) is 7.36. The van der Waals surface area contributed by atoms with Crippen LogP contribution in [0.15, 0.2) is 59.5 Å². The fourth-order valence-electron chi connectivity index (χ4n) is 2.22. The Morgan fingerprint density at radius 1 is 1.00 bits per heavy atom. The van der Waals surface area contributed by atoms with Crippen LogP contribution in [0.2, 0.25) is 0 Å². The van der Waals surface area contributed by atoms with Gasteiger partial charge in [-0.25, -0.2) is 13.2 Å². The summed E-state index contributed by atoms with van der Waals surface area (Å²) in [6.45, 7) is 0.242. The maximum Gasteiger partial charge on any atom is 0.315 e. The molecule has 24 heavy (non-hydrogen) atoms. The van der Waals surface area contributed by atoms with Crippen molar-refractivity contribution in [3.8, 4) is 0 Å². The van der Waals surface area contributed by atoms with Crippen LogP contribution in [0.1, 0.15) is 18.4 Å². The van der Waals surface area contributed by atoms with Crippen LogP contribution < -0.4 is 15.4 Å². The number of hydrogen-bond donors (Lipinski definition) is 3. The number of benzene rings is 2. The van der Waals surface area contributed by atoms with Crippen LogP contribution >= 0.6 is 0 Å². The Labute approximate surface area is 141 Å². The van der Waals surface area contributed by atoms with Crippen molar-refractivity contribution < 1.29 is 13.2 Å². The van der Waals surface area contributed by atoms with Gasteiger partial charge in [-0.05, 0) is 36.6 Å². The summed E-state index contributed by atoms with van der Waals surface area (Å²) in [5.74, 6) is 0. The first-order valence-corrected chi connectivity index (χ1v) is 9.23. The Morgan fingerprint density at radius 3 is 2.38 bits per heavy atom. The number of para-hydroxylation sites is 1. The van der Waals surface area contributed by atoms with Crippen molar-refractivity contribution in [3.63, 3.8) is 0 Å². The highest BCUT2D eigenvalue weighted by molar-refractivity contribution is 7.92. The molecule has 0 atom stereocenters. The molecule has 2 amide bonds. The molecule has 3 N–H and O–H groups in total. The zero-order valence-electron chi connectivity index (χ0n) is 13.0. The number of sulfonamides is 1. The predicted octanol–water partition coefficient (Wildman–Crippen LogP) is 2.45. The largest absolute Gasteiger partial charge is 0.335 e. The van der Waals surface area contributed by atoms with Gasteiger partial charge in [0.2, 0.25) is 0 Å². The summed E-state index contributed by atoms with van der Waals surface area (Å²) in [6, 6.07) is 15.2. The summed E-state index contributed by atoms with van der Waals surface area (Å²) in [6.07, 6.45) is 2.03. The van der Waals surface area contributed by atoms with Crippen LogP contribution in [0.5, 0.6) is 0 Å². The lowest BCUT2D eigenvalue weighted by atomic mass is 10.2. The molecule has 0 radical (unpaired) electrons. The maximum atomic E-state index is 12.4. The number of urea groups is 1. The van der Waals surface area contributed by atoms with Crippen LogP contribution in [-0.4, -0.2) is 20.5 Å². The Balaban J connectivity index is 1.70. The van der Waals surface area contributed by atoms with Gasteiger partial charge < -0.3 is 10.6 Å². The standard InChI is InChI=1S/C17H19N3O3S/c21-17(19-14-10-11-14)18-12-13-6-4-5-9-16(13)20-24(22,23)15-7-2-1-3-8-15/h1-9,14,20H,10-12H2,(H2,18,19,21). The van der Waals surface area contributed by atoms with E-state index < -0.39 is 10.0 Å². The first-order chi connectivity index (χ1) is 11.5. The van der Waals surface area contributed by atoms with Crippen LogP contribution in [0.4, 0.5) is 10.5 Å². The van der Waals surface area contributed by atoms with E-state index in [-0.39, 0.29) is 23.5 Å². The molecular weight excluding hydrogens is 326 g/mol. The lowest BCUT2D eigenvalue weighted by Crippen LogP contribution is -2.36. The number of nitrogens with one attached hydrogen (secondary N) is 3.